The predicted octanol–water partition coefficient (Wildman–Crippen LogP) is 3.46. The molecule has 0 bridgehead atoms. The Hall–Kier alpha value is -2.77. The van der Waals surface area contributed by atoms with E-state index in [9.17, 15) is 14.7 Å². The Bertz CT molecular complexity index is 839. The molecule has 0 unspecified atom stereocenters. The highest BCUT2D eigenvalue weighted by Gasteiger charge is 2.28. The number of aliphatic carboxylic acids is 1. The summed E-state index contributed by atoms with van der Waals surface area (Å²) in [7, 11) is 0. The molecule has 2 N–H and O–H groups in total. The van der Waals surface area contributed by atoms with E-state index in [0.717, 1.165) is 19.6 Å². The molecule has 2 aromatic carbocycles. The number of nitrogen functional groups attached to an aromatic ring is 1. The van der Waals surface area contributed by atoms with Crippen molar-refractivity contribution in [2.45, 2.75) is 40.2 Å². The second-order valence-electron chi connectivity index (χ2n) is 7.36. The van der Waals surface area contributed by atoms with Gasteiger partial charge in [0, 0.05) is 10.7 Å². The fraction of sp³-hybridized carbons (Fsp3) is 0.391. The number of nitrogens with zero attached hydrogens (tertiary/aromatic N) is 1. The maximum atomic E-state index is 12.0. The second kappa shape index (κ2) is 11.6. The number of carboxylic acids is 1. The molecule has 8 heteroatoms. The minimum Gasteiger partial charge on any atom is -0.546 e. The summed E-state index contributed by atoms with van der Waals surface area (Å²) in [5.74, 6) is -1.10. The molecular weight excluding hydrogens is 420 g/mol. The van der Waals surface area contributed by atoms with E-state index in [1.807, 2.05) is 20.8 Å². The van der Waals surface area contributed by atoms with Crippen LogP contribution in [0.4, 0.5) is 5.69 Å². The van der Waals surface area contributed by atoms with Crippen LogP contribution >= 0.6 is 11.6 Å². The fourth-order valence-electron chi connectivity index (χ4n) is 2.55. The summed E-state index contributed by atoms with van der Waals surface area (Å²) in [6.07, 6.45) is 0. The minimum absolute atomic E-state index is 0.296. The molecule has 31 heavy (non-hydrogen) atoms. The van der Waals surface area contributed by atoms with E-state index in [0.29, 0.717) is 26.7 Å². The first kappa shape index (κ1) is 26.3. The smallest absolute Gasteiger partial charge is 0.397 e. The molecule has 0 aliphatic rings. The molecular formula is C23H31ClN2O5. The zero-order chi connectivity index (χ0) is 23.7. The average molecular weight is 451 g/mol. The number of carbonyl (C=O) groups is 2. The Morgan fingerprint density at radius 1 is 0.968 bits per heavy atom. The number of benzene rings is 2. The molecule has 7 nitrogen and oxygen atoms in total. The van der Waals surface area contributed by atoms with Crippen LogP contribution in [-0.4, -0.2) is 41.8 Å². The first-order chi connectivity index (χ1) is 14.5. The molecule has 0 atom stereocenters. The van der Waals surface area contributed by atoms with Gasteiger partial charge >= 0.3 is 5.97 Å². The van der Waals surface area contributed by atoms with E-state index >= 15 is 0 Å². The van der Waals surface area contributed by atoms with Gasteiger partial charge in [-0.25, -0.2) is 4.79 Å². The Morgan fingerprint density at radius 2 is 1.45 bits per heavy atom. The third kappa shape index (κ3) is 8.11. The van der Waals surface area contributed by atoms with E-state index in [1.54, 1.807) is 48.5 Å². The molecule has 0 aliphatic heterocycles. The molecule has 0 aliphatic carbocycles. The number of rotatable bonds is 8. The predicted molar refractivity (Wildman–Crippen MR) is 119 cm³/mol. The lowest BCUT2D eigenvalue weighted by Crippen LogP contribution is -2.48. The molecule has 2 rings (SSSR count). The van der Waals surface area contributed by atoms with E-state index in [1.165, 1.54) is 13.8 Å². The topological polar surface area (TPSA) is 102 Å². The molecule has 0 heterocycles. The summed E-state index contributed by atoms with van der Waals surface area (Å²) in [5.41, 5.74) is 5.42. The summed E-state index contributed by atoms with van der Waals surface area (Å²) in [6.45, 7) is 11.2. The van der Waals surface area contributed by atoms with Crippen molar-refractivity contribution in [1.29, 1.82) is 0 Å². The first-order valence-corrected chi connectivity index (χ1v) is 10.5. The number of hydroxylamine groups is 3. The maximum Gasteiger partial charge on any atom is 0.397 e. The first-order valence-electron chi connectivity index (χ1n) is 10.1. The van der Waals surface area contributed by atoms with Crippen LogP contribution in [0.3, 0.4) is 0 Å². The standard InChI is InChI=1S/C13H20N2O2.C10H11ClO3/c1-4-15(5-2,6-3)17-13(16)11-7-9-12(14)10-8-11;1-10(2,9(12)13)14-8-5-3-7(11)4-6-8/h7-10H,4-6H2,1-3H3,(H-,14,16);3-6H,1-2H3,(H,12,13). The number of carbonyl (C=O) groups excluding carboxylic acids is 2. The van der Waals surface area contributed by atoms with Crippen LogP contribution in [0.15, 0.2) is 48.5 Å². The molecule has 0 fully saturated rings. The zero-order valence-corrected chi connectivity index (χ0v) is 19.4. The normalized spacial score (nSPS) is 11.2. The van der Waals surface area contributed by atoms with E-state index in [4.69, 9.17) is 26.9 Å². The highest BCUT2D eigenvalue weighted by atomic mass is 35.5. The number of carboxylic acid groups (broad SMARTS) is 1. The summed E-state index contributed by atoms with van der Waals surface area (Å²) in [5, 5.41) is 11.2. The van der Waals surface area contributed by atoms with E-state index < -0.39 is 11.6 Å². The van der Waals surface area contributed by atoms with Gasteiger partial charge in [0.05, 0.1) is 11.5 Å². The molecule has 0 amide bonds. The van der Waals surface area contributed by atoms with Gasteiger partial charge in [0.15, 0.2) is 0 Å². The number of ether oxygens (including phenoxy) is 1. The van der Waals surface area contributed by atoms with Gasteiger partial charge in [-0.15, -0.1) is 4.65 Å². The second-order valence-corrected chi connectivity index (χ2v) is 7.80. The molecule has 0 saturated carbocycles. The zero-order valence-electron chi connectivity index (χ0n) is 18.7. The molecule has 2 aromatic rings. The van der Waals surface area contributed by atoms with Gasteiger partial charge in [-0.3, -0.25) is 4.84 Å². The average Bonchev–Trinajstić information content (AvgIpc) is 2.74. The number of nitrogens with two attached hydrogens (primary N) is 1. The third-order valence-corrected chi connectivity index (χ3v) is 5.08. The lowest BCUT2D eigenvalue weighted by molar-refractivity contribution is -1.08. The summed E-state index contributed by atoms with van der Waals surface area (Å²) < 4.78 is 5.55. The van der Waals surface area contributed by atoms with Crippen LogP contribution in [0.2, 0.25) is 5.02 Å². The van der Waals surface area contributed by atoms with Crippen molar-refractivity contribution in [3.8, 4) is 5.75 Å². The maximum absolute atomic E-state index is 12.0. The van der Waals surface area contributed by atoms with Crippen LogP contribution in [0.25, 0.3) is 0 Å². The number of hydrogen-bond acceptors (Lipinski definition) is 6. The monoisotopic (exact) mass is 450 g/mol. The van der Waals surface area contributed by atoms with Gasteiger partial charge < -0.3 is 20.4 Å². The van der Waals surface area contributed by atoms with Gasteiger partial charge in [0.2, 0.25) is 0 Å². The van der Waals surface area contributed by atoms with E-state index in [-0.39, 0.29) is 5.97 Å². The number of hydrogen-bond donors (Lipinski definition) is 1. The molecule has 170 valence electrons. The Kier molecular flexibility index (Phi) is 9.81. The molecule has 0 aromatic heterocycles. The fourth-order valence-corrected chi connectivity index (χ4v) is 2.68. The Morgan fingerprint density at radius 3 is 1.87 bits per heavy atom. The van der Waals surface area contributed by atoms with Gasteiger partial charge in [-0.2, -0.15) is 0 Å². The lowest BCUT2D eigenvalue weighted by Gasteiger charge is -2.31. The van der Waals surface area contributed by atoms with Crippen molar-refractivity contribution < 1.29 is 28.9 Å². The molecule has 0 saturated heterocycles. The van der Waals surface area contributed by atoms with Gasteiger partial charge in [-0.1, -0.05) is 11.6 Å². The summed E-state index contributed by atoms with van der Waals surface area (Å²) >= 11 is 5.66. The third-order valence-electron chi connectivity index (χ3n) is 4.83. The summed E-state index contributed by atoms with van der Waals surface area (Å²) in [6, 6.07) is 13.2. The van der Waals surface area contributed by atoms with Crippen molar-refractivity contribution in [2.75, 3.05) is 25.4 Å². The van der Waals surface area contributed by atoms with Crippen LogP contribution < -0.4 is 15.6 Å². The van der Waals surface area contributed by atoms with Crippen molar-refractivity contribution >= 4 is 29.2 Å². The Labute approximate surface area is 188 Å². The quantitative estimate of drug-likeness (QED) is 0.375. The van der Waals surface area contributed by atoms with Crippen LogP contribution in [0.1, 0.15) is 45.0 Å². The summed E-state index contributed by atoms with van der Waals surface area (Å²) in [4.78, 5) is 28.2. The molecule has 0 radical (unpaired) electrons. The van der Waals surface area contributed by atoms with Gasteiger partial charge in [0.25, 0.3) is 0 Å². The van der Waals surface area contributed by atoms with E-state index in [2.05, 4.69) is 0 Å². The van der Waals surface area contributed by atoms with Crippen LogP contribution in [0.5, 0.6) is 5.75 Å². The van der Waals surface area contributed by atoms with Gasteiger partial charge in [0.1, 0.15) is 31.0 Å². The minimum atomic E-state index is -1.34. The lowest BCUT2D eigenvalue weighted by atomic mass is 10.1. The highest BCUT2D eigenvalue weighted by molar-refractivity contribution is 6.30. The van der Waals surface area contributed by atoms with Crippen LogP contribution in [0, 0.1) is 0 Å². The van der Waals surface area contributed by atoms with Crippen molar-refractivity contribution in [3.05, 3.63) is 59.1 Å². The highest BCUT2D eigenvalue weighted by Crippen LogP contribution is 2.20. The number of quaternary nitrogens is 1. The largest absolute Gasteiger partial charge is 0.546 e. The SMILES string of the molecule is CC(C)(Oc1ccc(Cl)cc1)C(=O)[O-].CC[N+](CC)(CC)OC(=O)c1ccc(N)cc1. The van der Waals surface area contributed by atoms with Crippen LogP contribution in [-0.2, 0) is 9.63 Å². The van der Waals surface area contributed by atoms with Crippen molar-refractivity contribution in [2.24, 2.45) is 0 Å². The van der Waals surface area contributed by atoms with Crippen molar-refractivity contribution in [1.82, 2.24) is 0 Å². The Balaban J connectivity index is 0.000000316. The number of anilines is 1. The van der Waals surface area contributed by atoms with Crippen molar-refractivity contribution in [3.63, 3.8) is 0 Å². The molecule has 0 spiro atoms. The number of halogens is 1. The van der Waals surface area contributed by atoms with Gasteiger partial charge in [-0.05, 0) is 83.1 Å².